The van der Waals surface area contributed by atoms with Crippen molar-refractivity contribution in [2.75, 3.05) is 19.6 Å². The lowest BCUT2D eigenvalue weighted by molar-refractivity contribution is -0.123. The van der Waals surface area contributed by atoms with Crippen molar-refractivity contribution in [3.05, 3.63) is 0 Å². The fraction of sp³-hybridized carbons (Fsp3) is 0.909. The molecule has 76 valence electrons. The third-order valence-electron chi connectivity index (χ3n) is 2.90. The Hall–Kier alpha value is -0.370. The quantitative estimate of drug-likeness (QED) is 0.666. The first-order valence-corrected chi connectivity index (χ1v) is 5.34. The normalized spacial score (nSPS) is 20.9. The molecule has 0 bridgehead atoms. The first kappa shape index (κ1) is 10.7. The average molecular weight is 183 g/mol. The molecule has 0 spiro atoms. The van der Waals surface area contributed by atoms with Crippen LogP contribution in [0.25, 0.3) is 0 Å². The largest absolute Gasteiger partial charge is 0.298 e. The molecule has 1 rings (SSSR count). The third kappa shape index (κ3) is 3.47. The smallest absolute Gasteiger partial charge is 0.149 e. The summed E-state index contributed by atoms with van der Waals surface area (Å²) >= 11 is 0. The predicted molar refractivity (Wildman–Crippen MR) is 54.7 cm³/mol. The summed E-state index contributed by atoms with van der Waals surface area (Å²) in [7, 11) is 0. The van der Waals surface area contributed by atoms with E-state index in [2.05, 4.69) is 11.8 Å². The number of likely N-dealkylation sites (tertiary alicyclic amines) is 1. The lowest BCUT2D eigenvalue weighted by Crippen LogP contribution is -2.37. The number of ketones is 1. The number of Topliss-reactive ketones (excluding diaryl/α,β-unsaturated/α-hetero) is 1. The highest BCUT2D eigenvalue weighted by molar-refractivity contribution is 5.82. The summed E-state index contributed by atoms with van der Waals surface area (Å²) in [6.07, 6.45) is 2.51. The van der Waals surface area contributed by atoms with Gasteiger partial charge < -0.3 is 0 Å². The lowest BCUT2D eigenvalue weighted by atomic mass is 9.98. The van der Waals surface area contributed by atoms with Gasteiger partial charge in [0.05, 0.1) is 6.54 Å². The fourth-order valence-corrected chi connectivity index (χ4v) is 1.62. The van der Waals surface area contributed by atoms with Crippen LogP contribution >= 0.6 is 0 Å². The molecule has 0 amide bonds. The van der Waals surface area contributed by atoms with Crippen LogP contribution in [0.4, 0.5) is 0 Å². The maximum absolute atomic E-state index is 11.5. The number of hydrogen-bond acceptors (Lipinski definition) is 2. The monoisotopic (exact) mass is 183 g/mol. The van der Waals surface area contributed by atoms with Crippen molar-refractivity contribution in [2.45, 2.75) is 33.6 Å². The molecule has 2 nitrogen and oxygen atoms in total. The molecule has 0 saturated carbocycles. The molecule has 1 fully saturated rings. The van der Waals surface area contributed by atoms with E-state index in [0.29, 0.717) is 12.3 Å². The zero-order valence-electron chi connectivity index (χ0n) is 9.05. The number of nitrogens with zero attached hydrogens (tertiary/aromatic N) is 1. The van der Waals surface area contributed by atoms with Gasteiger partial charge in [-0.1, -0.05) is 20.8 Å². The number of hydrogen-bond donors (Lipinski definition) is 0. The summed E-state index contributed by atoms with van der Waals surface area (Å²) in [5.41, 5.74) is 0. The minimum atomic E-state index is 0.194. The molecular formula is C11H21NO. The van der Waals surface area contributed by atoms with E-state index in [4.69, 9.17) is 0 Å². The van der Waals surface area contributed by atoms with Crippen LogP contribution < -0.4 is 0 Å². The molecule has 13 heavy (non-hydrogen) atoms. The first-order chi connectivity index (χ1) is 6.09. The molecule has 1 saturated heterocycles. The highest BCUT2D eigenvalue weighted by Crippen LogP contribution is 2.15. The van der Waals surface area contributed by atoms with Gasteiger partial charge in [-0.3, -0.25) is 9.69 Å². The third-order valence-corrected chi connectivity index (χ3v) is 2.90. The van der Waals surface area contributed by atoms with E-state index in [1.807, 2.05) is 13.8 Å². The van der Waals surface area contributed by atoms with Gasteiger partial charge in [0.25, 0.3) is 0 Å². The maximum atomic E-state index is 11.5. The van der Waals surface area contributed by atoms with Crippen LogP contribution in [0, 0.1) is 11.8 Å². The molecule has 0 aromatic carbocycles. The van der Waals surface area contributed by atoms with Gasteiger partial charge in [-0.25, -0.2) is 0 Å². The highest BCUT2D eigenvalue weighted by atomic mass is 16.1. The highest BCUT2D eigenvalue weighted by Gasteiger charge is 2.18. The minimum absolute atomic E-state index is 0.194. The van der Waals surface area contributed by atoms with Crippen molar-refractivity contribution in [3.8, 4) is 0 Å². The fourth-order valence-electron chi connectivity index (χ4n) is 1.62. The van der Waals surface area contributed by atoms with Crippen molar-refractivity contribution in [3.63, 3.8) is 0 Å². The van der Waals surface area contributed by atoms with Gasteiger partial charge >= 0.3 is 0 Å². The standard InChI is InChI=1S/C11H21NO/c1-9(2)11(13)8-12-6-4-10(3)5-7-12/h9-10H,4-8H2,1-3H3. The van der Waals surface area contributed by atoms with E-state index in [-0.39, 0.29) is 5.92 Å². The van der Waals surface area contributed by atoms with E-state index in [9.17, 15) is 4.79 Å². The number of carbonyl (C=O) groups excluding carboxylic acids is 1. The van der Waals surface area contributed by atoms with Gasteiger partial charge in [0, 0.05) is 5.92 Å². The van der Waals surface area contributed by atoms with E-state index >= 15 is 0 Å². The van der Waals surface area contributed by atoms with E-state index in [0.717, 1.165) is 19.0 Å². The van der Waals surface area contributed by atoms with Crippen LogP contribution in [0.15, 0.2) is 0 Å². The SMILES string of the molecule is CC1CCN(CC(=O)C(C)C)CC1. The molecule has 0 unspecified atom stereocenters. The van der Waals surface area contributed by atoms with E-state index in [1.54, 1.807) is 0 Å². The van der Waals surface area contributed by atoms with Crippen LogP contribution in [0.2, 0.25) is 0 Å². The molecule has 0 N–H and O–H groups in total. The van der Waals surface area contributed by atoms with Gasteiger partial charge in [0.1, 0.15) is 5.78 Å². The molecule has 2 heteroatoms. The van der Waals surface area contributed by atoms with Crippen molar-refractivity contribution in [1.82, 2.24) is 4.90 Å². The Morgan fingerprint density at radius 1 is 1.38 bits per heavy atom. The number of rotatable bonds is 3. The van der Waals surface area contributed by atoms with Crippen molar-refractivity contribution in [1.29, 1.82) is 0 Å². The zero-order valence-corrected chi connectivity index (χ0v) is 9.05. The topological polar surface area (TPSA) is 20.3 Å². The second-order valence-electron chi connectivity index (χ2n) is 4.58. The Labute approximate surface area is 81.3 Å². The first-order valence-electron chi connectivity index (χ1n) is 5.34. The van der Waals surface area contributed by atoms with Gasteiger partial charge in [0.15, 0.2) is 0 Å². The van der Waals surface area contributed by atoms with Gasteiger partial charge in [0.2, 0.25) is 0 Å². The maximum Gasteiger partial charge on any atom is 0.149 e. The summed E-state index contributed by atoms with van der Waals surface area (Å²) in [6.45, 7) is 9.15. The van der Waals surface area contributed by atoms with Gasteiger partial charge in [-0.05, 0) is 31.8 Å². The zero-order chi connectivity index (χ0) is 9.84. The number of piperidine rings is 1. The summed E-state index contributed by atoms with van der Waals surface area (Å²) in [4.78, 5) is 13.7. The van der Waals surface area contributed by atoms with Crippen molar-refractivity contribution >= 4 is 5.78 Å². The lowest BCUT2D eigenvalue weighted by Gasteiger charge is -2.29. The second-order valence-corrected chi connectivity index (χ2v) is 4.58. The summed E-state index contributed by atoms with van der Waals surface area (Å²) in [5.74, 6) is 1.43. The molecule has 0 atom stereocenters. The molecule has 1 heterocycles. The Morgan fingerprint density at radius 2 is 1.92 bits per heavy atom. The molecule has 0 radical (unpaired) electrons. The van der Waals surface area contributed by atoms with Crippen LogP contribution in [0.3, 0.4) is 0 Å². The number of carbonyl (C=O) groups is 1. The predicted octanol–water partition coefficient (Wildman–Crippen LogP) is 1.94. The Balaban J connectivity index is 2.26. The molecule has 1 aliphatic heterocycles. The summed E-state index contributed by atoms with van der Waals surface area (Å²) in [5, 5.41) is 0. The van der Waals surface area contributed by atoms with Crippen LogP contribution in [0.1, 0.15) is 33.6 Å². The molecule has 0 aliphatic carbocycles. The van der Waals surface area contributed by atoms with Gasteiger partial charge in [-0.2, -0.15) is 0 Å². The van der Waals surface area contributed by atoms with E-state index < -0.39 is 0 Å². The minimum Gasteiger partial charge on any atom is -0.298 e. The summed E-state index contributed by atoms with van der Waals surface area (Å²) in [6, 6.07) is 0. The average Bonchev–Trinajstić information content (AvgIpc) is 2.08. The molecule has 0 aromatic heterocycles. The molecule has 1 aliphatic rings. The summed E-state index contributed by atoms with van der Waals surface area (Å²) < 4.78 is 0. The van der Waals surface area contributed by atoms with E-state index in [1.165, 1.54) is 12.8 Å². The van der Waals surface area contributed by atoms with Gasteiger partial charge in [-0.15, -0.1) is 0 Å². The van der Waals surface area contributed by atoms with Crippen molar-refractivity contribution in [2.24, 2.45) is 11.8 Å². The van der Waals surface area contributed by atoms with Crippen LogP contribution in [0.5, 0.6) is 0 Å². The second kappa shape index (κ2) is 4.75. The van der Waals surface area contributed by atoms with Crippen LogP contribution in [-0.4, -0.2) is 30.3 Å². The Morgan fingerprint density at radius 3 is 2.38 bits per heavy atom. The molecular weight excluding hydrogens is 162 g/mol. The Kier molecular flexibility index (Phi) is 3.91. The van der Waals surface area contributed by atoms with Crippen molar-refractivity contribution < 1.29 is 4.79 Å². The molecule has 0 aromatic rings. The van der Waals surface area contributed by atoms with Crippen LogP contribution in [-0.2, 0) is 4.79 Å². The Bertz CT molecular complexity index is 169.